The van der Waals surface area contributed by atoms with Crippen molar-refractivity contribution >= 4 is 0 Å². The number of aliphatic hydroxyl groups is 1. The minimum atomic E-state index is -0.809. The molecule has 3 nitrogen and oxygen atoms in total. The molecular weight excluding hydrogens is 178 g/mol. The fourth-order valence-electron chi connectivity index (χ4n) is 1.31. The standard InChI is InChI=1S/C11H17NO2/c1-7(2)10(12)11(14)8-5-3-4-6-9(8)13/h3-7,10-11,13-14H,12H2,1-2H3/t10-,11+/m0/s1. The van der Waals surface area contributed by atoms with Crippen LogP contribution in [0.1, 0.15) is 25.5 Å². The highest BCUT2D eigenvalue weighted by atomic mass is 16.3. The second kappa shape index (κ2) is 4.44. The lowest BCUT2D eigenvalue weighted by molar-refractivity contribution is 0.123. The maximum atomic E-state index is 9.86. The SMILES string of the molecule is CC(C)[C@H](N)[C@H](O)c1ccccc1O. The molecule has 2 atom stereocenters. The van der Waals surface area contributed by atoms with Gasteiger partial charge in [-0.2, -0.15) is 0 Å². The highest BCUT2D eigenvalue weighted by Crippen LogP contribution is 2.27. The molecule has 0 aliphatic heterocycles. The van der Waals surface area contributed by atoms with Gasteiger partial charge < -0.3 is 15.9 Å². The van der Waals surface area contributed by atoms with Crippen LogP contribution in [0.15, 0.2) is 24.3 Å². The average molecular weight is 195 g/mol. The summed E-state index contributed by atoms with van der Waals surface area (Å²) in [5, 5.41) is 19.4. The molecule has 0 radical (unpaired) electrons. The lowest BCUT2D eigenvalue weighted by Gasteiger charge is -2.22. The molecule has 0 bridgehead atoms. The van der Waals surface area contributed by atoms with E-state index >= 15 is 0 Å². The number of hydrogen-bond acceptors (Lipinski definition) is 3. The summed E-state index contributed by atoms with van der Waals surface area (Å²) in [5.74, 6) is 0.265. The van der Waals surface area contributed by atoms with Gasteiger partial charge in [0.15, 0.2) is 0 Å². The van der Waals surface area contributed by atoms with Gasteiger partial charge in [-0.1, -0.05) is 32.0 Å². The van der Waals surface area contributed by atoms with Crippen LogP contribution in [0.3, 0.4) is 0 Å². The molecule has 0 amide bonds. The molecule has 3 heteroatoms. The molecule has 14 heavy (non-hydrogen) atoms. The molecule has 0 fully saturated rings. The van der Waals surface area contributed by atoms with E-state index in [1.807, 2.05) is 13.8 Å². The lowest BCUT2D eigenvalue weighted by atomic mass is 9.94. The Morgan fingerprint density at radius 3 is 2.29 bits per heavy atom. The zero-order valence-electron chi connectivity index (χ0n) is 8.51. The number of hydrogen-bond donors (Lipinski definition) is 3. The highest BCUT2D eigenvalue weighted by Gasteiger charge is 2.21. The van der Waals surface area contributed by atoms with Crippen molar-refractivity contribution in [1.29, 1.82) is 0 Å². The maximum Gasteiger partial charge on any atom is 0.121 e. The van der Waals surface area contributed by atoms with Gasteiger partial charge in [0.1, 0.15) is 5.75 Å². The van der Waals surface area contributed by atoms with Crippen molar-refractivity contribution in [1.82, 2.24) is 0 Å². The molecule has 1 rings (SSSR count). The van der Waals surface area contributed by atoms with Gasteiger partial charge in [0.25, 0.3) is 0 Å². The Morgan fingerprint density at radius 1 is 1.21 bits per heavy atom. The van der Waals surface area contributed by atoms with Gasteiger partial charge in [0, 0.05) is 11.6 Å². The zero-order chi connectivity index (χ0) is 10.7. The van der Waals surface area contributed by atoms with E-state index in [0.29, 0.717) is 5.56 Å². The number of aliphatic hydroxyl groups excluding tert-OH is 1. The second-order valence-corrected chi connectivity index (χ2v) is 3.83. The van der Waals surface area contributed by atoms with Crippen LogP contribution < -0.4 is 5.73 Å². The molecule has 1 aromatic rings. The van der Waals surface area contributed by atoms with Gasteiger partial charge in [-0.25, -0.2) is 0 Å². The van der Waals surface area contributed by atoms with Crippen LogP contribution in [-0.4, -0.2) is 16.3 Å². The molecule has 0 aliphatic carbocycles. The number of rotatable bonds is 3. The first-order chi connectivity index (χ1) is 6.54. The molecule has 0 heterocycles. The van der Waals surface area contributed by atoms with E-state index in [2.05, 4.69) is 0 Å². The smallest absolute Gasteiger partial charge is 0.121 e. The van der Waals surface area contributed by atoms with Gasteiger partial charge >= 0.3 is 0 Å². The van der Waals surface area contributed by atoms with E-state index in [1.165, 1.54) is 0 Å². The average Bonchev–Trinajstić information content (AvgIpc) is 2.16. The summed E-state index contributed by atoms with van der Waals surface area (Å²) in [4.78, 5) is 0. The Balaban J connectivity index is 2.89. The Kier molecular flexibility index (Phi) is 3.49. The maximum absolute atomic E-state index is 9.86. The molecule has 0 saturated heterocycles. The molecule has 78 valence electrons. The summed E-state index contributed by atoms with van der Waals surface area (Å²) < 4.78 is 0. The predicted molar refractivity (Wildman–Crippen MR) is 55.9 cm³/mol. The monoisotopic (exact) mass is 195 g/mol. The van der Waals surface area contributed by atoms with E-state index in [9.17, 15) is 10.2 Å². The van der Waals surface area contributed by atoms with Crippen molar-refractivity contribution in [2.24, 2.45) is 11.7 Å². The van der Waals surface area contributed by atoms with Crippen molar-refractivity contribution < 1.29 is 10.2 Å². The first-order valence-electron chi connectivity index (χ1n) is 4.75. The molecule has 0 aromatic heterocycles. The first-order valence-corrected chi connectivity index (χ1v) is 4.75. The Morgan fingerprint density at radius 2 is 1.79 bits per heavy atom. The normalized spacial score (nSPS) is 15.5. The van der Waals surface area contributed by atoms with Gasteiger partial charge in [-0.3, -0.25) is 0 Å². The van der Waals surface area contributed by atoms with E-state index in [4.69, 9.17) is 5.73 Å². The Labute approximate surface area is 84.2 Å². The minimum absolute atomic E-state index is 0.0936. The second-order valence-electron chi connectivity index (χ2n) is 3.83. The Bertz CT molecular complexity index is 299. The number of nitrogens with two attached hydrogens (primary N) is 1. The first kappa shape index (κ1) is 11.0. The molecule has 0 unspecified atom stereocenters. The van der Waals surface area contributed by atoms with Gasteiger partial charge in [0.2, 0.25) is 0 Å². The Hall–Kier alpha value is -1.06. The van der Waals surface area contributed by atoms with E-state index in [-0.39, 0.29) is 17.7 Å². The van der Waals surface area contributed by atoms with Gasteiger partial charge in [-0.15, -0.1) is 0 Å². The predicted octanol–water partition coefficient (Wildman–Crippen LogP) is 1.41. The van der Waals surface area contributed by atoms with Crippen molar-refractivity contribution in [3.63, 3.8) is 0 Å². The molecule has 0 saturated carbocycles. The molecular formula is C11H17NO2. The molecule has 0 aliphatic rings. The van der Waals surface area contributed by atoms with Crippen molar-refractivity contribution in [3.05, 3.63) is 29.8 Å². The van der Waals surface area contributed by atoms with E-state index in [0.717, 1.165) is 0 Å². The summed E-state index contributed by atoms with van der Waals surface area (Å²) in [6.45, 7) is 3.88. The summed E-state index contributed by atoms with van der Waals surface area (Å²) >= 11 is 0. The fraction of sp³-hybridized carbons (Fsp3) is 0.455. The van der Waals surface area contributed by atoms with Gasteiger partial charge in [0.05, 0.1) is 6.10 Å². The topological polar surface area (TPSA) is 66.5 Å². The van der Waals surface area contributed by atoms with Crippen LogP contribution in [-0.2, 0) is 0 Å². The molecule has 1 aromatic carbocycles. The quantitative estimate of drug-likeness (QED) is 0.683. The van der Waals surface area contributed by atoms with E-state index in [1.54, 1.807) is 24.3 Å². The van der Waals surface area contributed by atoms with Crippen LogP contribution in [0.2, 0.25) is 0 Å². The van der Waals surface area contributed by atoms with Crippen LogP contribution in [0.5, 0.6) is 5.75 Å². The number of phenolic OH excluding ortho intramolecular Hbond substituents is 1. The highest BCUT2D eigenvalue weighted by molar-refractivity contribution is 5.34. The van der Waals surface area contributed by atoms with Crippen molar-refractivity contribution in [2.45, 2.75) is 26.0 Å². The number of benzene rings is 1. The third kappa shape index (κ3) is 2.25. The molecule has 4 N–H and O–H groups in total. The summed E-state index contributed by atoms with van der Waals surface area (Å²) in [7, 11) is 0. The van der Waals surface area contributed by atoms with Crippen LogP contribution in [0.25, 0.3) is 0 Å². The van der Waals surface area contributed by atoms with E-state index < -0.39 is 6.10 Å². The summed E-state index contributed by atoms with van der Waals surface area (Å²) in [6.07, 6.45) is -0.809. The third-order valence-corrected chi connectivity index (χ3v) is 2.39. The summed E-state index contributed by atoms with van der Waals surface area (Å²) in [6, 6.07) is 6.36. The van der Waals surface area contributed by atoms with Crippen LogP contribution in [0.4, 0.5) is 0 Å². The minimum Gasteiger partial charge on any atom is -0.508 e. The summed E-state index contributed by atoms with van der Waals surface area (Å²) in [5.41, 5.74) is 6.29. The lowest BCUT2D eigenvalue weighted by Crippen LogP contribution is -2.33. The number of aromatic hydroxyl groups is 1. The fourth-order valence-corrected chi connectivity index (χ4v) is 1.31. The van der Waals surface area contributed by atoms with Crippen LogP contribution >= 0.6 is 0 Å². The zero-order valence-corrected chi connectivity index (χ0v) is 8.51. The largest absolute Gasteiger partial charge is 0.508 e. The van der Waals surface area contributed by atoms with Crippen molar-refractivity contribution in [2.75, 3.05) is 0 Å². The number of phenols is 1. The number of para-hydroxylation sites is 1. The third-order valence-electron chi connectivity index (χ3n) is 2.39. The van der Waals surface area contributed by atoms with Crippen LogP contribution in [0, 0.1) is 5.92 Å². The van der Waals surface area contributed by atoms with Crippen molar-refractivity contribution in [3.8, 4) is 5.75 Å². The molecule has 0 spiro atoms. The van der Waals surface area contributed by atoms with Gasteiger partial charge in [-0.05, 0) is 12.0 Å².